The summed E-state index contributed by atoms with van der Waals surface area (Å²) in [5.41, 5.74) is 0. The SMILES string of the molecule is Cl.Cl.O.[Ca+2].[H-].[H-].[H-].[H-].[H-].[H-].[Mg+2].[Mg+2]. The van der Waals surface area contributed by atoms with Gasteiger partial charge in [0.15, 0.2) is 0 Å². The maximum Gasteiger partial charge on any atom is 2.00 e. The predicted molar refractivity (Wildman–Crippen MR) is 42.0 cm³/mol. The van der Waals surface area contributed by atoms with Gasteiger partial charge in [0, 0.05) is 0 Å². The summed E-state index contributed by atoms with van der Waals surface area (Å²) in [6.07, 6.45) is 0. The molecule has 0 saturated heterocycles. The van der Waals surface area contributed by atoms with Gasteiger partial charge in [-0.15, -0.1) is 24.8 Å². The van der Waals surface area contributed by atoms with Gasteiger partial charge in [-0.2, -0.15) is 0 Å². The van der Waals surface area contributed by atoms with Crippen LogP contribution in [0.2, 0.25) is 0 Å². The van der Waals surface area contributed by atoms with Gasteiger partial charge in [-0.05, 0) is 0 Å². The van der Waals surface area contributed by atoms with Gasteiger partial charge < -0.3 is 14.0 Å². The van der Waals surface area contributed by atoms with Crippen molar-refractivity contribution in [3.05, 3.63) is 0 Å². The van der Waals surface area contributed by atoms with Crippen molar-refractivity contribution >= 4 is 109 Å². The van der Waals surface area contributed by atoms with Gasteiger partial charge in [0.2, 0.25) is 0 Å². The van der Waals surface area contributed by atoms with E-state index in [4.69, 9.17) is 0 Å². The Labute approximate surface area is 121 Å². The molecule has 0 aromatic rings. The number of rotatable bonds is 0. The molecule has 36 valence electrons. The van der Waals surface area contributed by atoms with E-state index in [1.165, 1.54) is 0 Å². The zero-order chi connectivity index (χ0) is 0. The Hall–Kier alpha value is 3.33. The smallest absolute Gasteiger partial charge is 1.00 e. The van der Waals surface area contributed by atoms with Gasteiger partial charge in [0.05, 0.1) is 0 Å². The second-order valence-electron chi connectivity index (χ2n) is 0. The van der Waals surface area contributed by atoms with Crippen molar-refractivity contribution in [1.82, 2.24) is 0 Å². The predicted octanol–water partition coefficient (Wildman–Crippen LogP) is -0.448. The zero-order valence-electron chi connectivity index (χ0n) is 9.44. The Morgan fingerprint density at radius 1 is 0.833 bits per heavy atom. The minimum atomic E-state index is 0. The van der Waals surface area contributed by atoms with E-state index in [2.05, 4.69) is 0 Å². The Morgan fingerprint density at radius 3 is 0.833 bits per heavy atom. The summed E-state index contributed by atoms with van der Waals surface area (Å²) in [7, 11) is 0. The number of halogens is 2. The molecule has 0 saturated carbocycles. The van der Waals surface area contributed by atoms with Crippen LogP contribution in [0.4, 0.5) is 0 Å². The molecular formula is H10CaCl2Mg2O. The van der Waals surface area contributed by atoms with Crippen LogP contribution >= 0.6 is 24.8 Å². The van der Waals surface area contributed by atoms with E-state index >= 15 is 0 Å². The number of hydrogen-bond acceptors (Lipinski definition) is 0. The van der Waals surface area contributed by atoms with E-state index in [1.54, 1.807) is 0 Å². The average Bonchev–Trinajstić information content (AvgIpc) is 0. The molecule has 0 aliphatic carbocycles. The second kappa shape index (κ2) is 40.3. The van der Waals surface area contributed by atoms with Gasteiger partial charge in [-0.25, -0.2) is 0 Å². The Morgan fingerprint density at radius 2 is 0.833 bits per heavy atom. The summed E-state index contributed by atoms with van der Waals surface area (Å²) in [6.45, 7) is 0. The standard InChI is InChI=1S/Ca.2ClH.2Mg.H2O.6H/h;2*1H;;;1H2;;;;;;/q+2;;;2*+2;;6*-1. The van der Waals surface area contributed by atoms with Crippen molar-refractivity contribution in [3.8, 4) is 0 Å². The fourth-order valence-electron chi connectivity index (χ4n) is 0. The summed E-state index contributed by atoms with van der Waals surface area (Å²) in [5, 5.41) is 0. The van der Waals surface area contributed by atoms with E-state index in [0.717, 1.165) is 0 Å². The first-order valence-electron chi connectivity index (χ1n) is 0. The first-order chi connectivity index (χ1) is 0. The molecule has 6 heteroatoms. The van der Waals surface area contributed by atoms with Crippen LogP contribution in [-0.4, -0.2) is 89.3 Å². The van der Waals surface area contributed by atoms with E-state index in [0.29, 0.717) is 0 Å². The largest absolute Gasteiger partial charge is 2.00 e. The van der Waals surface area contributed by atoms with Gasteiger partial charge in [0.25, 0.3) is 0 Å². The van der Waals surface area contributed by atoms with Gasteiger partial charge in [0.1, 0.15) is 0 Å². The van der Waals surface area contributed by atoms with Crippen LogP contribution < -0.4 is 0 Å². The first-order valence-corrected chi connectivity index (χ1v) is 0. The topological polar surface area (TPSA) is 31.5 Å². The van der Waals surface area contributed by atoms with Crippen molar-refractivity contribution in [2.45, 2.75) is 0 Å². The van der Waals surface area contributed by atoms with Crippen molar-refractivity contribution in [2.24, 2.45) is 0 Å². The molecule has 0 aliphatic heterocycles. The molecule has 0 aromatic heterocycles. The summed E-state index contributed by atoms with van der Waals surface area (Å²) in [5.74, 6) is 0. The van der Waals surface area contributed by atoms with Crippen molar-refractivity contribution in [1.29, 1.82) is 0 Å². The molecule has 0 unspecified atom stereocenters. The van der Waals surface area contributed by atoms with E-state index < -0.39 is 0 Å². The quantitative estimate of drug-likeness (QED) is 0.458. The maximum atomic E-state index is 0. The summed E-state index contributed by atoms with van der Waals surface area (Å²) in [6, 6.07) is 0. The molecule has 0 radical (unpaired) electrons. The maximum absolute atomic E-state index is 0. The molecular weight excluding hydrogens is 176 g/mol. The van der Waals surface area contributed by atoms with Crippen LogP contribution in [0.1, 0.15) is 8.56 Å². The molecule has 0 aliphatic rings. The summed E-state index contributed by atoms with van der Waals surface area (Å²) < 4.78 is 0. The zero-order valence-corrected chi connectivity index (χ0v) is 10.1. The van der Waals surface area contributed by atoms with Crippen molar-refractivity contribution in [2.75, 3.05) is 0 Å². The molecule has 0 fully saturated rings. The minimum Gasteiger partial charge on any atom is -1.00 e. The van der Waals surface area contributed by atoms with Gasteiger partial charge in [-0.1, -0.05) is 0 Å². The summed E-state index contributed by atoms with van der Waals surface area (Å²) >= 11 is 0. The molecule has 2 N–H and O–H groups in total. The Bertz CT molecular complexity index is 23.5. The van der Waals surface area contributed by atoms with Gasteiger partial charge >= 0.3 is 83.8 Å². The third-order valence-electron chi connectivity index (χ3n) is 0. The molecule has 0 amide bonds. The molecule has 1 nitrogen and oxygen atoms in total. The van der Waals surface area contributed by atoms with Crippen LogP contribution in [-0.2, 0) is 0 Å². The van der Waals surface area contributed by atoms with Crippen LogP contribution in [0.3, 0.4) is 0 Å². The van der Waals surface area contributed by atoms with Crippen LogP contribution in [0.15, 0.2) is 0 Å². The van der Waals surface area contributed by atoms with Gasteiger partial charge in [-0.3, -0.25) is 0 Å². The first kappa shape index (κ1) is 58.3. The molecule has 0 atom stereocenters. The Balaban J connectivity index is 0. The fraction of sp³-hybridized carbons (Fsp3) is 0. The molecule has 0 spiro atoms. The van der Waals surface area contributed by atoms with E-state index in [-0.39, 0.29) is 123 Å². The summed E-state index contributed by atoms with van der Waals surface area (Å²) in [4.78, 5) is 0. The molecule has 0 rings (SSSR count). The molecule has 0 aromatic carbocycles. The Kier molecular flexibility index (Phi) is 392. The second-order valence-corrected chi connectivity index (χ2v) is 0. The molecule has 6 heavy (non-hydrogen) atoms. The molecule has 0 heterocycles. The minimum absolute atomic E-state index is 0. The van der Waals surface area contributed by atoms with E-state index in [1.807, 2.05) is 0 Å². The monoisotopic (exact) mass is 184 g/mol. The van der Waals surface area contributed by atoms with E-state index in [9.17, 15) is 0 Å². The third-order valence-corrected chi connectivity index (χ3v) is 0. The normalized spacial score (nSPS) is 0. The fourth-order valence-corrected chi connectivity index (χ4v) is 0. The van der Waals surface area contributed by atoms with Crippen LogP contribution in [0.5, 0.6) is 0 Å². The number of hydrogen-bond donors (Lipinski definition) is 0. The third kappa shape index (κ3) is 26.5. The average molecular weight is 186 g/mol. The van der Waals surface area contributed by atoms with Crippen LogP contribution in [0, 0.1) is 0 Å². The van der Waals surface area contributed by atoms with Crippen molar-refractivity contribution in [3.63, 3.8) is 0 Å². The van der Waals surface area contributed by atoms with Crippen molar-refractivity contribution < 1.29 is 14.0 Å². The van der Waals surface area contributed by atoms with Crippen LogP contribution in [0.25, 0.3) is 0 Å². The molecule has 0 bridgehead atoms.